The second-order valence-electron chi connectivity index (χ2n) is 7.33. The van der Waals surface area contributed by atoms with Gasteiger partial charge in [0, 0.05) is 28.6 Å². The standard InChI is InChI=1S/C24H17F2N3O5/c1-31-17-9-18(32-2)22(26)20(21(17)25)15-8-14-13(10-27-15)23(29-28-14)11-4-5-16-12(6-11)7-19(34-16)24(30)33-3/h4-10H,1-3H3,(H,28,29). The van der Waals surface area contributed by atoms with E-state index in [2.05, 4.69) is 15.2 Å². The Morgan fingerprint density at radius 2 is 1.74 bits per heavy atom. The van der Waals surface area contributed by atoms with E-state index in [9.17, 15) is 13.6 Å². The molecule has 0 saturated carbocycles. The minimum atomic E-state index is -0.890. The summed E-state index contributed by atoms with van der Waals surface area (Å²) in [6.45, 7) is 0. The molecular weight excluding hydrogens is 448 g/mol. The molecule has 0 radical (unpaired) electrons. The fourth-order valence-electron chi connectivity index (χ4n) is 3.77. The van der Waals surface area contributed by atoms with Gasteiger partial charge in [-0.1, -0.05) is 0 Å². The first-order chi connectivity index (χ1) is 16.4. The van der Waals surface area contributed by atoms with Gasteiger partial charge in [0.05, 0.1) is 38.1 Å². The molecule has 1 N–H and O–H groups in total. The number of halogens is 2. The molecule has 0 aliphatic heterocycles. The number of nitrogens with zero attached hydrogens (tertiary/aromatic N) is 2. The first-order valence-corrected chi connectivity index (χ1v) is 10.0. The normalized spacial score (nSPS) is 11.2. The quantitative estimate of drug-likeness (QED) is 0.360. The number of ether oxygens (including phenoxy) is 3. The Bertz CT molecular complexity index is 1550. The number of hydrogen-bond donors (Lipinski definition) is 1. The molecule has 0 fully saturated rings. The van der Waals surface area contributed by atoms with Gasteiger partial charge in [0.1, 0.15) is 11.3 Å². The van der Waals surface area contributed by atoms with E-state index in [-0.39, 0.29) is 28.5 Å². The average Bonchev–Trinajstić information content (AvgIpc) is 3.47. The third kappa shape index (κ3) is 3.31. The van der Waals surface area contributed by atoms with Gasteiger partial charge in [-0.2, -0.15) is 5.10 Å². The van der Waals surface area contributed by atoms with Crippen LogP contribution >= 0.6 is 0 Å². The van der Waals surface area contributed by atoms with Crippen LogP contribution in [0.4, 0.5) is 8.78 Å². The maximum atomic E-state index is 14.9. The van der Waals surface area contributed by atoms with Crippen molar-refractivity contribution in [3.63, 3.8) is 0 Å². The number of nitrogens with one attached hydrogen (secondary N) is 1. The molecule has 0 aliphatic rings. The van der Waals surface area contributed by atoms with Crippen molar-refractivity contribution in [2.24, 2.45) is 0 Å². The molecule has 3 heterocycles. The van der Waals surface area contributed by atoms with Crippen molar-refractivity contribution < 1.29 is 32.2 Å². The zero-order valence-corrected chi connectivity index (χ0v) is 18.2. The van der Waals surface area contributed by atoms with E-state index < -0.39 is 17.6 Å². The SMILES string of the molecule is COC(=O)c1cc2cc(-c3n[nH]c4cc(-c5c(F)c(OC)cc(OC)c5F)ncc34)ccc2o1. The molecule has 34 heavy (non-hydrogen) atoms. The molecule has 0 saturated heterocycles. The zero-order chi connectivity index (χ0) is 24.0. The number of fused-ring (bicyclic) bond motifs is 2. The van der Waals surface area contributed by atoms with Crippen LogP contribution in [-0.2, 0) is 4.74 Å². The van der Waals surface area contributed by atoms with Crippen molar-refractivity contribution in [2.75, 3.05) is 21.3 Å². The fraction of sp³-hybridized carbons (Fsp3) is 0.125. The van der Waals surface area contributed by atoms with Gasteiger partial charge in [-0.05, 0) is 30.3 Å². The van der Waals surface area contributed by atoms with Gasteiger partial charge in [0.2, 0.25) is 5.76 Å². The van der Waals surface area contributed by atoms with Gasteiger partial charge in [-0.25, -0.2) is 13.6 Å². The lowest BCUT2D eigenvalue weighted by molar-refractivity contribution is 0.0567. The predicted molar refractivity (Wildman–Crippen MR) is 119 cm³/mol. The molecule has 5 rings (SSSR count). The number of aromatic nitrogens is 3. The molecule has 0 atom stereocenters. The number of benzene rings is 2. The Morgan fingerprint density at radius 1 is 1.00 bits per heavy atom. The van der Waals surface area contributed by atoms with E-state index in [1.165, 1.54) is 33.6 Å². The van der Waals surface area contributed by atoms with Gasteiger partial charge >= 0.3 is 5.97 Å². The highest BCUT2D eigenvalue weighted by molar-refractivity contribution is 5.98. The summed E-state index contributed by atoms with van der Waals surface area (Å²) in [7, 11) is 3.84. The number of carbonyl (C=O) groups excluding carboxylic acids is 1. The number of carbonyl (C=O) groups is 1. The number of furan rings is 1. The summed E-state index contributed by atoms with van der Waals surface area (Å²) in [5.74, 6) is -2.60. The molecule has 0 aliphatic carbocycles. The van der Waals surface area contributed by atoms with Crippen LogP contribution in [-0.4, -0.2) is 42.5 Å². The third-order valence-corrected chi connectivity index (χ3v) is 5.45. The molecule has 0 unspecified atom stereocenters. The van der Waals surface area contributed by atoms with Crippen molar-refractivity contribution in [3.8, 4) is 34.0 Å². The lowest BCUT2D eigenvalue weighted by Gasteiger charge is -2.12. The molecule has 0 bridgehead atoms. The van der Waals surface area contributed by atoms with Crippen LogP contribution in [0.25, 0.3) is 44.4 Å². The van der Waals surface area contributed by atoms with Crippen LogP contribution in [0.15, 0.2) is 47.0 Å². The van der Waals surface area contributed by atoms with Crippen LogP contribution < -0.4 is 9.47 Å². The number of aromatic amines is 1. The third-order valence-electron chi connectivity index (χ3n) is 5.45. The molecule has 172 valence electrons. The Labute approximate surface area is 191 Å². The zero-order valence-electron chi connectivity index (χ0n) is 18.2. The van der Waals surface area contributed by atoms with Gasteiger partial charge in [-0.3, -0.25) is 10.1 Å². The van der Waals surface area contributed by atoms with Crippen molar-refractivity contribution in [1.29, 1.82) is 0 Å². The van der Waals surface area contributed by atoms with Crippen LogP contribution in [0.3, 0.4) is 0 Å². The number of H-pyrrole nitrogens is 1. The summed E-state index contributed by atoms with van der Waals surface area (Å²) in [5, 5.41) is 8.55. The summed E-state index contributed by atoms with van der Waals surface area (Å²) in [5.41, 5.74) is 2.00. The second-order valence-corrected chi connectivity index (χ2v) is 7.33. The van der Waals surface area contributed by atoms with Crippen LogP contribution in [0, 0.1) is 11.6 Å². The number of esters is 1. The maximum absolute atomic E-state index is 14.9. The smallest absolute Gasteiger partial charge is 0.373 e. The fourth-order valence-corrected chi connectivity index (χ4v) is 3.77. The minimum Gasteiger partial charge on any atom is -0.494 e. The van der Waals surface area contributed by atoms with Gasteiger partial charge in [0.25, 0.3) is 0 Å². The van der Waals surface area contributed by atoms with Gasteiger partial charge in [0.15, 0.2) is 23.1 Å². The maximum Gasteiger partial charge on any atom is 0.373 e. The van der Waals surface area contributed by atoms with E-state index in [1.54, 1.807) is 24.3 Å². The number of rotatable bonds is 5. The summed E-state index contributed by atoms with van der Waals surface area (Å²) >= 11 is 0. The highest BCUT2D eigenvalue weighted by Crippen LogP contribution is 2.38. The molecule has 0 spiro atoms. The molecular formula is C24H17F2N3O5. The van der Waals surface area contributed by atoms with Crippen molar-refractivity contribution >= 4 is 27.8 Å². The summed E-state index contributed by atoms with van der Waals surface area (Å²) in [4.78, 5) is 16.0. The molecule has 2 aromatic carbocycles. The van der Waals surface area contributed by atoms with E-state index in [4.69, 9.17) is 18.6 Å². The van der Waals surface area contributed by atoms with Crippen molar-refractivity contribution in [1.82, 2.24) is 15.2 Å². The van der Waals surface area contributed by atoms with Crippen LogP contribution in [0.1, 0.15) is 10.6 Å². The minimum absolute atomic E-state index is 0.0444. The second kappa shape index (κ2) is 8.14. The monoisotopic (exact) mass is 465 g/mol. The first-order valence-electron chi connectivity index (χ1n) is 10.0. The van der Waals surface area contributed by atoms with E-state index >= 15 is 0 Å². The Balaban J connectivity index is 1.60. The van der Waals surface area contributed by atoms with E-state index in [0.29, 0.717) is 27.6 Å². The molecule has 0 amide bonds. The average molecular weight is 465 g/mol. The lowest BCUT2D eigenvalue weighted by Crippen LogP contribution is -2.00. The topological polar surface area (TPSA) is 99.5 Å². The molecule has 3 aromatic heterocycles. The van der Waals surface area contributed by atoms with E-state index in [1.807, 2.05) is 0 Å². The molecule has 8 nitrogen and oxygen atoms in total. The molecule has 5 aromatic rings. The van der Waals surface area contributed by atoms with Gasteiger partial charge < -0.3 is 18.6 Å². The summed E-state index contributed by atoms with van der Waals surface area (Å²) in [6, 6.07) is 9.52. The summed E-state index contributed by atoms with van der Waals surface area (Å²) < 4.78 is 50.0. The number of pyridine rings is 1. The Kier molecular flexibility index (Phi) is 5.12. The van der Waals surface area contributed by atoms with Crippen LogP contribution in [0.2, 0.25) is 0 Å². The van der Waals surface area contributed by atoms with E-state index in [0.717, 1.165) is 11.6 Å². The Hall–Kier alpha value is -4.47. The molecule has 10 heteroatoms. The lowest BCUT2D eigenvalue weighted by atomic mass is 10.0. The number of methoxy groups -OCH3 is 3. The highest BCUT2D eigenvalue weighted by atomic mass is 19.1. The van der Waals surface area contributed by atoms with Crippen LogP contribution in [0.5, 0.6) is 11.5 Å². The van der Waals surface area contributed by atoms with Crippen molar-refractivity contribution in [2.45, 2.75) is 0 Å². The van der Waals surface area contributed by atoms with Crippen molar-refractivity contribution in [3.05, 3.63) is 60.0 Å². The Morgan fingerprint density at radius 3 is 2.41 bits per heavy atom. The number of hydrogen-bond acceptors (Lipinski definition) is 7. The predicted octanol–water partition coefficient (Wildman–Crippen LogP) is 5.12. The summed E-state index contributed by atoms with van der Waals surface area (Å²) in [6.07, 6.45) is 1.48. The van der Waals surface area contributed by atoms with Gasteiger partial charge in [-0.15, -0.1) is 0 Å². The first kappa shape index (κ1) is 21.4. The largest absolute Gasteiger partial charge is 0.494 e. The highest BCUT2D eigenvalue weighted by Gasteiger charge is 2.23.